The Bertz CT molecular complexity index is 762. The molecule has 2 rings (SSSR count). The first-order valence-corrected chi connectivity index (χ1v) is 8.03. The van der Waals surface area contributed by atoms with Crippen LogP contribution in [0.1, 0.15) is 23.7 Å². The predicted octanol–water partition coefficient (Wildman–Crippen LogP) is 3.50. The number of carbonyl (C=O) groups excluding carboxylic acids is 2. The maximum atomic E-state index is 12.3. The summed E-state index contributed by atoms with van der Waals surface area (Å²) in [6.45, 7) is 1.75. The number of benzene rings is 2. The van der Waals surface area contributed by atoms with Crippen molar-refractivity contribution in [1.82, 2.24) is 0 Å². The van der Waals surface area contributed by atoms with Crippen molar-refractivity contribution in [3.8, 4) is 5.75 Å². The minimum atomic E-state index is -0.925. The number of carbonyl (C=O) groups is 2. The van der Waals surface area contributed by atoms with Crippen LogP contribution in [0.2, 0.25) is 5.02 Å². The molecule has 1 atom stereocenters. The highest BCUT2D eigenvalue weighted by Crippen LogP contribution is 2.27. The van der Waals surface area contributed by atoms with Crippen molar-refractivity contribution in [2.45, 2.75) is 19.4 Å². The molecule has 0 aliphatic carbocycles. The normalized spacial score (nSPS) is 11.5. The Morgan fingerprint density at radius 1 is 1.20 bits per heavy atom. The molecule has 0 saturated heterocycles. The lowest BCUT2D eigenvalue weighted by Crippen LogP contribution is -2.32. The number of amides is 1. The van der Waals surface area contributed by atoms with Crippen LogP contribution in [0.4, 0.5) is 11.4 Å². The van der Waals surface area contributed by atoms with Crippen LogP contribution in [-0.4, -0.2) is 25.1 Å². The van der Waals surface area contributed by atoms with Crippen LogP contribution in [0.15, 0.2) is 42.5 Å². The van der Waals surface area contributed by atoms with E-state index in [-0.39, 0.29) is 0 Å². The van der Waals surface area contributed by atoms with Crippen LogP contribution in [0.3, 0.4) is 0 Å². The number of esters is 1. The first-order chi connectivity index (χ1) is 11.9. The Kier molecular flexibility index (Phi) is 6.25. The maximum Gasteiger partial charge on any atom is 0.338 e. The highest BCUT2D eigenvalue weighted by molar-refractivity contribution is 6.32. The van der Waals surface area contributed by atoms with Gasteiger partial charge in [-0.15, -0.1) is 0 Å². The molecular weight excluding hydrogens is 344 g/mol. The van der Waals surface area contributed by atoms with Crippen LogP contribution in [0.5, 0.6) is 5.75 Å². The van der Waals surface area contributed by atoms with Gasteiger partial charge in [-0.05, 0) is 48.9 Å². The van der Waals surface area contributed by atoms with Gasteiger partial charge in [-0.2, -0.15) is 0 Å². The van der Waals surface area contributed by atoms with Crippen LogP contribution in [0.25, 0.3) is 0 Å². The number of methoxy groups -OCH3 is 1. The van der Waals surface area contributed by atoms with E-state index >= 15 is 0 Å². The molecule has 1 amide bonds. The van der Waals surface area contributed by atoms with Gasteiger partial charge in [0.1, 0.15) is 5.75 Å². The van der Waals surface area contributed by atoms with E-state index in [1.165, 1.54) is 7.11 Å². The molecule has 0 aliphatic rings. The van der Waals surface area contributed by atoms with Gasteiger partial charge in [0.25, 0.3) is 5.91 Å². The monoisotopic (exact) mass is 362 g/mol. The molecule has 3 N–H and O–H groups in total. The number of rotatable bonds is 6. The molecule has 2 aromatic rings. The van der Waals surface area contributed by atoms with Crippen molar-refractivity contribution in [2.75, 3.05) is 18.2 Å². The summed E-state index contributed by atoms with van der Waals surface area (Å²) in [4.78, 5) is 24.5. The largest absolute Gasteiger partial charge is 0.495 e. The molecule has 1 unspecified atom stereocenters. The Labute approximate surface area is 150 Å². The van der Waals surface area contributed by atoms with Crippen molar-refractivity contribution in [3.63, 3.8) is 0 Å². The van der Waals surface area contributed by atoms with Gasteiger partial charge in [0.2, 0.25) is 0 Å². The molecule has 2 aromatic carbocycles. The average Bonchev–Trinajstić information content (AvgIpc) is 2.60. The number of hydrogen-bond acceptors (Lipinski definition) is 5. The first kappa shape index (κ1) is 18.6. The number of ether oxygens (including phenoxy) is 2. The maximum absolute atomic E-state index is 12.3. The Balaban J connectivity index is 2.04. The second-order valence-electron chi connectivity index (χ2n) is 5.26. The summed E-state index contributed by atoms with van der Waals surface area (Å²) >= 11 is 6.03. The lowest BCUT2D eigenvalue weighted by atomic mass is 10.2. The Morgan fingerprint density at radius 2 is 1.88 bits per heavy atom. The van der Waals surface area contributed by atoms with Crippen LogP contribution in [-0.2, 0) is 9.53 Å². The van der Waals surface area contributed by atoms with Gasteiger partial charge in [-0.25, -0.2) is 4.79 Å². The second-order valence-corrected chi connectivity index (χ2v) is 5.67. The van der Waals surface area contributed by atoms with Crippen molar-refractivity contribution < 1.29 is 19.1 Å². The van der Waals surface area contributed by atoms with Gasteiger partial charge in [-0.1, -0.05) is 18.5 Å². The molecule has 7 heteroatoms. The number of nitrogens with one attached hydrogen (secondary N) is 1. The average molecular weight is 363 g/mol. The summed E-state index contributed by atoms with van der Waals surface area (Å²) in [5.74, 6) is -0.524. The fraction of sp³-hybridized carbons (Fsp3) is 0.222. The van der Waals surface area contributed by atoms with E-state index in [2.05, 4.69) is 5.32 Å². The van der Waals surface area contributed by atoms with Gasteiger partial charge < -0.3 is 20.5 Å². The van der Waals surface area contributed by atoms with Crippen molar-refractivity contribution in [1.29, 1.82) is 0 Å². The molecule has 0 aromatic heterocycles. The predicted molar refractivity (Wildman–Crippen MR) is 97.0 cm³/mol. The minimum Gasteiger partial charge on any atom is -0.495 e. The molecule has 25 heavy (non-hydrogen) atoms. The van der Waals surface area contributed by atoms with Gasteiger partial charge in [0, 0.05) is 11.4 Å². The van der Waals surface area contributed by atoms with Gasteiger partial charge in [0.15, 0.2) is 6.10 Å². The van der Waals surface area contributed by atoms with E-state index in [1.54, 1.807) is 49.4 Å². The summed E-state index contributed by atoms with van der Waals surface area (Å²) in [5, 5.41) is 3.04. The molecule has 6 nitrogen and oxygen atoms in total. The molecule has 0 aliphatic heterocycles. The lowest BCUT2D eigenvalue weighted by molar-refractivity contribution is -0.124. The molecule has 0 fully saturated rings. The van der Waals surface area contributed by atoms with Crippen LogP contribution in [0, 0.1) is 0 Å². The zero-order chi connectivity index (χ0) is 18.4. The first-order valence-electron chi connectivity index (χ1n) is 7.65. The summed E-state index contributed by atoms with van der Waals surface area (Å²) < 4.78 is 10.3. The molecule has 132 valence electrons. The number of hydrogen-bond donors (Lipinski definition) is 2. The van der Waals surface area contributed by atoms with E-state index in [4.69, 9.17) is 26.8 Å². The third-order valence-corrected chi connectivity index (χ3v) is 3.77. The smallest absolute Gasteiger partial charge is 0.338 e. The third kappa shape index (κ3) is 4.87. The van der Waals surface area contributed by atoms with E-state index in [9.17, 15) is 9.59 Å². The summed E-state index contributed by atoms with van der Waals surface area (Å²) in [7, 11) is 1.50. The van der Waals surface area contributed by atoms with E-state index < -0.39 is 18.0 Å². The summed E-state index contributed by atoms with van der Waals surface area (Å²) in [6.07, 6.45) is -0.595. The zero-order valence-electron chi connectivity index (χ0n) is 13.9. The molecule has 0 radical (unpaired) electrons. The standard InChI is InChI=1S/C18H19ClN2O4/c1-3-15(25-18(23)11-4-6-12(20)7-5-11)17(22)21-13-8-9-16(24-2)14(19)10-13/h4-10,15H,3,20H2,1-2H3,(H,21,22). The topological polar surface area (TPSA) is 90.7 Å². The lowest BCUT2D eigenvalue weighted by Gasteiger charge is -2.16. The number of anilines is 2. The highest BCUT2D eigenvalue weighted by Gasteiger charge is 2.22. The molecule has 0 heterocycles. The summed E-state index contributed by atoms with van der Waals surface area (Å²) in [5.41, 5.74) is 6.94. The highest BCUT2D eigenvalue weighted by atomic mass is 35.5. The SMILES string of the molecule is CCC(OC(=O)c1ccc(N)cc1)C(=O)Nc1ccc(OC)c(Cl)c1. The van der Waals surface area contributed by atoms with Crippen molar-refractivity contribution in [2.24, 2.45) is 0 Å². The van der Waals surface area contributed by atoms with Crippen LogP contribution < -0.4 is 15.8 Å². The van der Waals surface area contributed by atoms with E-state index in [1.807, 2.05) is 0 Å². The Morgan fingerprint density at radius 3 is 2.44 bits per heavy atom. The fourth-order valence-corrected chi connectivity index (χ4v) is 2.36. The van der Waals surface area contributed by atoms with Crippen LogP contribution >= 0.6 is 11.6 Å². The number of nitrogens with two attached hydrogens (primary N) is 1. The van der Waals surface area contributed by atoms with Crippen molar-refractivity contribution in [3.05, 3.63) is 53.1 Å². The summed E-state index contributed by atoms with van der Waals surface area (Å²) in [6, 6.07) is 11.1. The van der Waals surface area contributed by atoms with Gasteiger partial charge >= 0.3 is 5.97 Å². The fourth-order valence-electron chi connectivity index (χ4n) is 2.11. The van der Waals surface area contributed by atoms with E-state index in [0.717, 1.165) is 0 Å². The molecule has 0 spiro atoms. The van der Waals surface area contributed by atoms with Gasteiger partial charge in [-0.3, -0.25) is 4.79 Å². The van der Waals surface area contributed by atoms with Crippen molar-refractivity contribution >= 4 is 34.9 Å². The molecule has 0 saturated carbocycles. The zero-order valence-corrected chi connectivity index (χ0v) is 14.7. The molecule has 0 bridgehead atoms. The van der Waals surface area contributed by atoms with E-state index in [0.29, 0.717) is 34.1 Å². The number of halogens is 1. The molecular formula is C18H19ClN2O4. The quantitative estimate of drug-likeness (QED) is 0.606. The number of nitrogen functional groups attached to an aromatic ring is 1. The second kappa shape index (κ2) is 8.39. The minimum absolute atomic E-state index is 0.327. The Hall–Kier alpha value is -2.73. The van der Waals surface area contributed by atoms with Gasteiger partial charge in [0.05, 0.1) is 17.7 Å². The third-order valence-electron chi connectivity index (χ3n) is 3.48.